The quantitative estimate of drug-likeness (QED) is 0.393. The molecular formula is H6CrO8P3. The van der Waals surface area contributed by atoms with E-state index < -0.39 is 15.6 Å². The van der Waals surface area contributed by atoms with E-state index in [4.69, 9.17) is 38.5 Å². The van der Waals surface area contributed by atoms with Crippen molar-refractivity contribution < 1.29 is 55.9 Å². The van der Waals surface area contributed by atoms with Gasteiger partial charge in [0.2, 0.25) is 0 Å². The molecule has 0 saturated carbocycles. The Morgan fingerprint density at radius 3 is 0.667 bits per heavy atom. The molecule has 0 aliphatic rings. The minimum atomic E-state index is -5.39. The predicted octanol–water partition coefficient (Wildman–Crippen LogP) is -6.40. The molecule has 0 heterocycles. The van der Waals surface area contributed by atoms with Crippen LogP contribution in [0.15, 0.2) is 0 Å². The fourth-order valence-electron chi connectivity index (χ4n) is 0. The number of hydrogen-bond donors (Lipinski definition) is 0. The first kappa shape index (κ1) is 23.2. The Balaban J connectivity index is -0.0000000457. The second kappa shape index (κ2) is 8.77. The van der Waals surface area contributed by atoms with E-state index in [0.717, 1.165) is 0 Å². The molecule has 0 aromatic heterocycles. The zero-order valence-corrected chi connectivity index (χ0v) is 7.63. The molecule has 0 rings (SSSR count). The summed E-state index contributed by atoms with van der Waals surface area (Å²) in [5.74, 6) is 0. The Bertz CT molecular complexity index is 127. The van der Waals surface area contributed by atoms with Crippen LogP contribution >= 0.6 is 25.5 Å². The van der Waals surface area contributed by atoms with Gasteiger partial charge in [-0.1, -0.05) is 0 Å². The monoisotopic (exact) mass is 279 g/mol. The molecule has 0 N–H and O–H groups in total. The zero-order chi connectivity index (χ0) is 9.00. The van der Waals surface area contributed by atoms with Gasteiger partial charge in [0.1, 0.15) is 0 Å². The molecule has 0 bridgehead atoms. The molecule has 0 fully saturated rings. The van der Waals surface area contributed by atoms with Gasteiger partial charge >= 0.3 is 17.4 Å². The van der Waals surface area contributed by atoms with Gasteiger partial charge < -0.3 is 38.5 Å². The van der Waals surface area contributed by atoms with Gasteiger partial charge in [-0.25, -0.2) is 0 Å². The first-order valence-electron chi connectivity index (χ1n) is 1.46. The van der Waals surface area contributed by atoms with Crippen LogP contribution in [0.25, 0.3) is 0 Å². The standard InChI is InChI=1S/Cr.2H3O4P.H6P/c;2*1-5(2,3)4;/h;2*(H3,1,2,3,4);1H6/q+3;;;+3/p-6. The van der Waals surface area contributed by atoms with Gasteiger partial charge in [-0.05, 0) is 0 Å². The van der Waals surface area contributed by atoms with Crippen LogP contribution in [0, 0.1) is 0 Å². The van der Waals surface area contributed by atoms with Crippen LogP contribution < -0.4 is 29.4 Å². The average Bonchev–Trinajstić information content (AvgIpc) is 1.12. The maximum atomic E-state index is 8.55. The van der Waals surface area contributed by atoms with Crippen molar-refractivity contribution >= 4 is 25.5 Å². The fourth-order valence-corrected chi connectivity index (χ4v) is 0. The van der Waals surface area contributed by atoms with Crippen LogP contribution in [-0.4, -0.2) is 0 Å². The third-order valence-electron chi connectivity index (χ3n) is 0. The van der Waals surface area contributed by atoms with Crippen molar-refractivity contribution in [2.75, 3.05) is 0 Å². The van der Waals surface area contributed by atoms with Crippen LogP contribution in [0.2, 0.25) is 0 Å². The molecule has 0 aliphatic heterocycles. The first-order valence-corrected chi connectivity index (χ1v) is 4.38. The Morgan fingerprint density at radius 2 is 0.667 bits per heavy atom. The number of hydrogen-bond acceptors (Lipinski definition) is 8. The van der Waals surface area contributed by atoms with E-state index in [1.807, 2.05) is 0 Å². The van der Waals surface area contributed by atoms with Gasteiger partial charge in [0, 0.05) is 0 Å². The zero-order valence-electron chi connectivity index (χ0n) is 4.57. The maximum absolute atomic E-state index is 8.55. The molecular weight excluding hydrogens is 273 g/mol. The third kappa shape index (κ3) is 829. The third-order valence-corrected chi connectivity index (χ3v) is 0. The van der Waals surface area contributed by atoms with E-state index in [1.165, 1.54) is 0 Å². The SMILES string of the molecule is O=P([O-])([O-])[O-].O=P([O-])([O-])[O-].[Cr+3].[PH6+3]. The van der Waals surface area contributed by atoms with Crippen molar-refractivity contribution in [3.63, 3.8) is 0 Å². The van der Waals surface area contributed by atoms with Crippen molar-refractivity contribution in [3.05, 3.63) is 0 Å². The van der Waals surface area contributed by atoms with Gasteiger partial charge in [-0.2, -0.15) is 15.6 Å². The van der Waals surface area contributed by atoms with Crippen molar-refractivity contribution in [3.8, 4) is 0 Å². The molecule has 0 spiro atoms. The second-order valence-corrected chi connectivity index (χ2v) is 2.68. The molecule has 0 amide bonds. The summed E-state index contributed by atoms with van der Waals surface area (Å²) in [6, 6.07) is 0. The summed E-state index contributed by atoms with van der Waals surface area (Å²) in [6.07, 6.45) is 0. The number of phosphoric acid groups is 2. The van der Waals surface area contributed by atoms with Crippen LogP contribution in [-0.2, 0) is 26.5 Å². The van der Waals surface area contributed by atoms with Crippen molar-refractivity contribution in [1.82, 2.24) is 0 Å². The first-order chi connectivity index (χ1) is 4.00. The van der Waals surface area contributed by atoms with Crippen molar-refractivity contribution in [2.45, 2.75) is 0 Å². The van der Waals surface area contributed by atoms with Crippen molar-refractivity contribution in [1.29, 1.82) is 0 Å². The van der Waals surface area contributed by atoms with Crippen molar-refractivity contribution in [2.24, 2.45) is 0 Å². The fraction of sp³-hybridized carbons (Fsp3) is 0. The van der Waals surface area contributed by atoms with Gasteiger partial charge in [0.25, 0.3) is 0 Å². The van der Waals surface area contributed by atoms with E-state index in [-0.39, 0.29) is 27.3 Å². The van der Waals surface area contributed by atoms with E-state index in [9.17, 15) is 0 Å². The van der Waals surface area contributed by atoms with Gasteiger partial charge in [-0.3, -0.25) is 9.90 Å². The molecule has 1 radical (unpaired) electrons. The summed E-state index contributed by atoms with van der Waals surface area (Å²) in [5, 5.41) is 0. The van der Waals surface area contributed by atoms with Crippen LogP contribution in [0.3, 0.4) is 0 Å². The summed E-state index contributed by atoms with van der Waals surface area (Å²) in [7, 11) is -10.8. The van der Waals surface area contributed by atoms with Crippen LogP contribution in [0.5, 0.6) is 0 Å². The molecule has 12 heavy (non-hydrogen) atoms. The largest absolute Gasteiger partial charge is 3.00 e. The van der Waals surface area contributed by atoms with E-state index in [1.54, 1.807) is 0 Å². The summed E-state index contributed by atoms with van der Waals surface area (Å²) < 4.78 is 17.1. The Kier molecular flexibility index (Phi) is 17.0. The summed E-state index contributed by atoms with van der Waals surface area (Å²) in [6.45, 7) is 0. The van der Waals surface area contributed by atoms with E-state index >= 15 is 0 Å². The van der Waals surface area contributed by atoms with Gasteiger partial charge in [0.15, 0.2) is 0 Å². The van der Waals surface area contributed by atoms with Gasteiger partial charge in [-0.15, -0.1) is 0 Å². The summed E-state index contributed by atoms with van der Waals surface area (Å²) >= 11 is 0. The van der Waals surface area contributed by atoms with E-state index in [2.05, 4.69) is 0 Å². The molecule has 0 saturated heterocycles. The van der Waals surface area contributed by atoms with Gasteiger partial charge in [0.05, 0.1) is 0 Å². The summed E-state index contributed by atoms with van der Waals surface area (Å²) in [5.41, 5.74) is 0. The number of rotatable bonds is 0. The Labute approximate surface area is 81.9 Å². The van der Waals surface area contributed by atoms with Crippen LogP contribution in [0.4, 0.5) is 0 Å². The van der Waals surface area contributed by atoms with E-state index in [0.29, 0.717) is 0 Å². The topological polar surface area (TPSA) is 172 Å². The van der Waals surface area contributed by atoms with Crippen LogP contribution in [0.1, 0.15) is 0 Å². The molecule has 8 nitrogen and oxygen atoms in total. The molecule has 12 heteroatoms. The minimum Gasteiger partial charge on any atom is -0.822 e. The molecule has 75 valence electrons. The Morgan fingerprint density at radius 1 is 0.667 bits per heavy atom. The minimum absolute atomic E-state index is 0. The normalized spacial score (nSPS) is 9.83. The molecule has 0 aromatic rings. The smallest absolute Gasteiger partial charge is 0.822 e. The molecule has 0 aromatic carbocycles. The molecule has 0 unspecified atom stereocenters. The predicted molar refractivity (Wildman–Crippen MR) is 30.5 cm³/mol. The second-order valence-electron chi connectivity index (χ2n) is 0.894. The average molecular weight is 279 g/mol. The molecule has 0 atom stereocenters. The summed E-state index contributed by atoms with van der Waals surface area (Å²) in [4.78, 5) is 51.3. The Hall–Kier alpha value is 1.18. The molecule has 0 aliphatic carbocycles. The maximum Gasteiger partial charge on any atom is 3.00 e.